The molecule has 3 aromatic rings. The minimum Gasteiger partial charge on any atom is -0.396 e. The van der Waals surface area contributed by atoms with E-state index in [0.717, 1.165) is 48.3 Å². The van der Waals surface area contributed by atoms with Crippen LogP contribution in [0.5, 0.6) is 0 Å². The van der Waals surface area contributed by atoms with Crippen molar-refractivity contribution in [3.63, 3.8) is 0 Å². The molecule has 8 nitrogen and oxygen atoms in total. The zero-order valence-corrected chi connectivity index (χ0v) is 22.5. The summed E-state index contributed by atoms with van der Waals surface area (Å²) in [5.74, 6) is 2.19. The SMILES string of the molecule is Cc1ccc(-c2c(/C=C(\C#N)C(=O)NC34CCCC5CC(CC5C3)C4)n(CCCO)c3ncnc(N)c23)cc1. The Bertz CT molecular complexity index is 1480. The lowest BCUT2D eigenvalue weighted by Gasteiger charge is -2.41. The van der Waals surface area contributed by atoms with E-state index in [1.165, 1.54) is 25.6 Å². The van der Waals surface area contributed by atoms with Crippen molar-refractivity contribution in [3.8, 4) is 17.2 Å². The largest absolute Gasteiger partial charge is 0.396 e. The number of carbonyl (C=O) groups is 1. The van der Waals surface area contributed by atoms with E-state index in [1.807, 2.05) is 35.8 Å². The molecule has 4 atom stereocenters. The van der Waals surface area contributed by atoms with Crippen molar-refractivity contribution < 1.29 is 9.90 Å². The van der Waals surface area contributed by atoms with Gasteiger partial charge in [-0.3, -0.25) is 4.79 Å². The molecular weight excluding hydrogens is 488 g/mol. The zero-order chi connectivity index (χ0) is 27.1. The number of benzene rings is 1. The molecule has 3 fully saturated rings. The number of aliphatic hydroxyl groups is 1. The lowest BCUT2D eigenvalue weighted by atomic mass is 9.73. The molecule has 3 aliphatic carbocycles. The summed E-state index contributed by atoms with van der Waals surface area (Å²) in [6.07, 6.45) is 11.6. The van der Waals surface area contributed by atoms with Gasteiger partial charge in [0.05, 0.1) is 11.1 Å². The van der Waals surface area contributed by atoms with Crippen LogP contribution >= 0.6 is 0 Å². The number of nitrogens with two attached hydrogens (primary N) is 1. The van der Waals surface area contributed by atoms with Gasteiger partial charge in [-0.1, -0.05) is 42.7 Å². The summed E-state index contributed by atoms with van der Waals surface area (Å²) >= 11 is 0. The van der Waals surface area contributed by atoms with Gasteiger partial charge in [0.15, 0.2) is 0 Å². The summed E-state index contributed by atoms with van der Waals surface area (Å²) in [6.45, 7) is 2.48. The number of hydrogen-bond donors (Lipinski definition) is 3. The molecule has 3 bridgehead atoms. The first-order chi connectivity index (χ1) is 18.9. The van der Waals surface area contributed by atoms with Gasteiger partial charge in [-0.15, -0.1) is 0 Å². The molecular formula is C31H36N6O2. The van der Waals surface area contributed by atoms with Crippen molar-refractivity contribution in [1.82, 2.24) is 19.9 Å². The second-order valence-corrected chi connectivity index (χ2v) is 11.9. The zero-order valence-electron chi connectivity index (χ0n) is 22.5. The van der Waals surface area contributed by atoms with Crippen LogP contribution in [0.15, 0.2) is 36.2 Å². The molecule has 1 amide bonds. The molecule has 0 spiro atoms. The fourth-order valence-corrected chi connectivity index (χ4v) is 7.74. The maximum Gasteiger partial charge on any atom is 0.262 e. The Labute approximate surface area is 228 Å². The number of rotatable bonds is 7. The molecule has 0 radical (unpaired) electrons. The number of carbonyl (C=O) groups excluding carboxylic acids is 1. The van der Waals surface area contributed by atoms with E-state index in [4.69, 9.17) is 5.73 Å². The van der Waals surface area contributed by atoms with Gasteiger partial charge in [0.25, 0.3) is 5.91 Å². The molecule has 8 heteroatoms. The molecule has 2 heterocycles. The van der Waals surface area contributed by atoms with Gasteiger partial charge < -0.3 is 20.7 Å². The van der Waals surface area contributed by atoms with Crippen molar-refractivity contribution in [2.24, 2.45) is 17.8 Å². The number of hydrogen-bond acceptors (Lipinski definition) is 6. The van der Waals surface area contributed by atoms with Crippen LogP contribution in [0.25, 0.3) is 28.2 Å². The number of aliphatic hydroxyl groups excluding tert-OH is 1. The Balaban J connectivity index is 1.45. The predicted molar refractivity (Wildman–Crippen MR) is 151 cm³/mol. The highest BCUT2D eigenvalue weighted by Gasteiger charge is 2.50. The number of nitriles is 1. The molecule has 2 aromatic heterocycles. The first-order valence-corrected chi connectivity index (χ1v) is 14.2. The molecule has 39 heavy (non-hydrogen) atoms. The van der Waals surface area contributed by atoms with Crippen molar-refractivity contribution in [2.75, 3.05) is 12.3 Å². The van der Waals surface area contributed by atoms with Crippen LogP contribution in [0.3, 0.4) is 0 Å². The summed E-state index contributed by atoms with van der Waals surface area (Å²) in [7, 11) is 0. The standard InChI is InChI=1S/C31H36N6O2/c1-19-5-7-21(8-6-19)26-25(37(10-3-11-38)29-27(26)28(33)34-18-35-29)14-24(17-32)30(39)36-31-9-2-4-22-12-20(15-31)13-23(22)16-31/h5-8,14,18,20,22-23,38H,2-4,9-13,15-16H2,1H3,(H,36,39)(H2,33,34,35)/b24-14+. The van der Waals surface area contributed by atoms with Crippen molar-refractivity contribution in [2.45, 2.75) is 70.4 Å². The van der Waals surface area contributed by atoms with Gasteiger partial charge in [0, 0.05) is 24.3 Å². The number of aryl methyl sites for hydroxylation is 2. The number of nitrogens with one attached hydrogen (secondary N) is 1. The normalized spacial score (nSPS) is 26.0. The fourth-order valence-electron chi connectivity index (χ4n) is 7.74. The molecule has 3 saturated carbocycles. The van der Waals surface area contributed by atoms with E-state index in [-0.39, 0.29) is 23.6 Å². The minimum atomic E-state index is -0.315. The van der Waals surface area contributed by atoms with E-state index in [9.17, 15) is 15.2 Å². The molecule has 4 unspecified atom stereocenters. The van der Waals surface area contributed by atoms with Gasteiger partial charge in [-0.25, -0.2) is 9.97 Å². The van der Waals surface area contributed by atoms with E-state index in [0.29, 0.717) is 47.3 Å². The quantitative estimate of drug-likeness (QED) is 0.302. The summed E-state index contributed by atoms with van der Waals surface area (Å²) in [5.41, 5.74) is 10.3. The third-order valence-electron chi connectivity index (χ3n) is 9.32. The molecule has 0 aliphatic heterocycles. The first-order valence-electron chi connectivity index (χ1n) is 14.2. The highest BCUT2D eigenvalue weighted by Crippen LogP contribution is 2.55. The van der Waals surface area contributed by atoms with Crippen molar-refractivity contribution in [3.05, 3.63) is 47.4 Å². The Morgan fingerprint density at radius 3 is 2.82 bits per heavy atom. The number of amides is 1. The minimum absolute atomic E-state index is 0.000693. The highest BCUT2D eigenvalue weighted by molar-refractivity contribution is 6.08. The second kappa shape index (κ2) is 10.1. The van der Waals surface area contributed by atoms with Crippen molar-refractivity contribution >= 4 is 28.8 Å². The predicted octanol–water partition coefficient (Wildman–Crippen LogP) is 4.75. The van der Waals surface area contributed by atoms with Gasteiger partial charge in [0.2, 0.25) is 0 Å². The van der Waals surface area contributed by atoms with Crippen LogP contribution in [0.2, 0.25) is 0 Å². The Hall–Kier alpha value is -3.70. The fraction of sp³-hybridized carbons (Fsp3) is 0.484. The van der Waals surface area contributed by atoms with Crippen LogP contribution in [0, 0.1) is 36.0 Å². The average Bonchev–Trinajstić information content (AvgIpc) is 3.35. The average molecular weight is 525 g/mol. The summed E-state index contributed by atoms with van der Waals surface area (Å²) in [4.78, 5) is 22.6. The number of nitrogen functional groups attached to an aromatic ring is 1. The van der Waals surface area contributed by atoms with Gasteiger partial charge in [-0.2, -0.15) is 5.26 Å². The van der Waals surface area contributed by atoms with Crippen LogP contribution in [0.4, 0.5) is 5.82 Å². The van der Waals surface area contributed by atoms with E-state index in [1.54, 1.807) is 6.08 Å². The Morgan fingerprint density at radius 1 is 1.26 bits per heavy atom. The lowest BCUT2D eigenvalue weighted by molar-refractivity contribution is -0.119. The molecule has 3 aliphatic rings. The van der Waals surface area contributed by atoms with Crippen molar-refractivity contribution in [1.29, 1.82) is 5.26 Å². The first kappa shape index (κ1) is 25.6. The maximum absolute atomic E-state index is 13.8. The Morgan fingerprint density at radius 2 is 2.05 bits per heavy atom. The molecule has 6 rings (SSSR count). The van der Waals surface area contributed by atoms with Gasteiger partial charge in [0.1, 0.15) is 29.4 Å². The van der Waals surface area contributed by atoms with Crippen LogP contribution in [-0.2, 0) is 11.3 Å². The summed E-state index contributed by atoms with van der Waals surface area (Å²) in [5, 5.41) is 23.9. The van der Waals surface area contributed by atoms with E-state index in [2.05, 4.69) is 21.4 Å². The Kier molecular flexibility index (Phi) is 6.64. The number of fused-ring (bicyclic) bond motifs is 3. The smallest absolute Gasteiger partial charge is 0.262 e. The highest BCUT2D eigenvalue weighted by atomic mass is 16.3. The van der Waals surface area contributed by atoms with Crippen LogP contribution in [0.1, 0.15) is 62.6 Å². The molecule has 0 saturated heterocycles. The third kappa shape index (κ3) is 4.59. The molecule has 4 N–H and O–H groups in total. The lowest BCUT2D eigenvalue weighted by Crippen LogP contribution is -2.52. The molecule has 1 aromatic carbocycles. The van der Waals surface area contributed by atoms with E-state index < -0.39 is 0 Å². The number of aromatic nitrogens is 3. The summed E-state index contributed by atoms with van der Waals surface area (Å²) < 4.78 is 1.94. The second-order valence-electron chi connectivity index (χ2n) is 11.9. The van der Waals surface area contributed by atoms with Crippen LogP contribution in [-0.4, -0.2) is 37.7 Å². The number of nitrogens with zero attached hydrogens (tertiary/aromatic N) is 4. The molecule has 202 valence electrons. The monoisotopic (exact) mass is 524 g/mol. The maximum atomic E-state index is 13.8. The van der Waals surface area contributed by atoms with Gasteiger partial charge >= 0.3 is 0 Å². The number of anilines is 1. The van der Waals surface area contributed by atoms with Crippen LogP contribution < -0.4 is 11.1 Å². The van der Waals surface area contributed by atoms with Gasteiger partial charge in [-0.05, 0) is 74.8 Å². The topological polar surface area (TPSA) is 130 Å². The third-order valence-corrected chi connectivity index (χ3v) is 9.32. The van der Waals surface area contributed by atoms with E-state index >= 15 is 0 Å². The summed E-state index contributed by atoms with van der Waals surface area (Å²) in [6, 6.07) is 10.3.